The molecule has 0 aromatic heterocycles. The standard InChI is InChI=1S/C7H5F3S/c8-5-1-4(3-11)7(10)6(9)2-5/h1-2,11H,3H2. The summed E-state index contributed by atoms with van der Waals surface area (Å²) in [6.45, 7) is 0. The average Bonchev–Trinajstić information content (AvgIpc) is 1.96. The van der Waals surface area contributed by atoms with Crippen molar-refractivity contribution in [2.24, 2.45) is 0 Å². The van der Waals surface area contributed by atoms with Gasteiger partial charge in [-0.1, -0.05) is 0 Å². The minimum Gasteiger partial charge on any atom is -0.207 e. The Kier molecular flexibility index (Phi) is 2.44. The number of benzene rings is 1. The Labute approximate surface area is 67.4 Å². The van der Waals surface area contributed by atoms with Crippen LogP contribution in [0.3, 0.4) is 0 Å². The van der Waals surface area contributed by atoms with Crippen molar-refractivity contribution in [3.05, 3.63) is 35.1 Å². The Morgan fingerprint density at radius 3 is 2.36 bits per heavy atom. The van der Waals surface area contributed by atoms with Crippen LogP contribution in [0, 0.1) is 17.5 Å². The molecule has 0 bridgehead atoms. The molecule has 0 unspecified atom stereocenters. The van der Waals surface area contributed by atoms with Gasteiger partial charge in [0.05, 0.1) is 0 Å². The molecule has 0 N–H and O–H groups in total. The maximum atomic E-state index is 12.6. The van der Waals surface area contributed by atoms with Crippen LogP contribution in [0.2, 0.25) is 0 Å². The lowest BCUT2D eigenvalue weighted by Gasteiger charge is -1.99. The Bertz CT molecular complexity index is 273. The molecule has 60 valence electrons. The number of hydrogen-bond donors (Lipinski definition) is 1. The van der Waals surface area contributed by atoms with E-state index in [4.69, 9.17) is 0 Å². The van der Waals surface area contributed by atoms with Crippen LogP contribution in [-0.4, -0.2) is 0 Å². The highest BCUT2D eigenvalue weighted by molar-refractivity contribution is 7.79. The molecule has 1 rings (SSSR count). The third-order valence-corrected chi connectivity index (χ3v) is 1.58. The molecule has 0 aliphatic heterocycles. The van der Waals surface area contributed by atoms with E-state index in [-0.39, 0.29) is 11.3 Å². The smallest absolute Gasteiger partial charge is 0.163 e. The number of halogens is 3. The number of rotatable bonds is 1. The molecule has 1 aromatic rings. The van der Waals surface area contributed by atoms with Gasteiger partial charge in [-0.25, -0.2) is 13.2 Å². The van der Waals surface area contributed by atoms with Crippen molar-refractivity contribution in [3.8, 4) is 0 Å². The van der Waals surface area contributed by atoms with Gasteiger partial charge in [0.15, 0.2) is 11.6 Å². The van der Waals surface area contributed by atoms with Gasteiger partial charge >= 0.3 is 0 Å². The summed E-state index contributed by atoms with van der Waals surface area (Å²) < 4.78 is 37.3. The van der Waals surface area contributed by atoms with Crippen molar-refractivity contribution in [1.29, 1.82) is 0 Å². The molecule has 0 amide bonds. The molecular formula is C7H5F3S. The third-order valence-electron chi connectivity index (χ3n) is 1.24. The first-order chi connectivity index (χ1) is 5.15. The van der Waals surface area contributed by atoms with Gasteiger partial charge in [0, 0.05) is 17.4 Å². The molecule has 11 heavy (non-hydrogen) atoms. The highest BCUT2D eigenvalue weighted by Crippen LogP contribution is 2.15. The maximum absolute atomic E-state index is 12.6. The Morgan fingerprint density at radius 2 is 1.82 bits per heavy atom. The number of hydrogen-bond acceptors (Lipinski definition) is 1. The first-order valence-corrected chi connectivity index (χ1v) is 3.52. The van der Waals surface area contributed by atoms with Crippen LogP contribution >= 0.6 is 12.6 Å². The predicted molar refractivity (Wildman–Crippen MR) is 39.0 cm³/mol. The zero-order valence-corrected chi connectivity index (χ0v) is 6.34. The molecule has 0 heterocycles. The van der Waals surface area contributed by atoms with Crippen LogP contribution in [-0.2, 0) is 5.75 Å². The van der Waals surface area contributed by atoms with E-state index >= 15 is 0 Å². The predicted octanol–water partition coefficient (Wildman–Crippen LogP) is 2.53. The summed E-state index contributed by atoms with van der Waals surface area (Å²) in [4.78, 5) is 0. The molecular weight excluding hydrogens is 173 g/mol. The fraction of sp³-hybridized carbons (Fsp3) is 0.143. The van der Waals surface area contributed by atoms with Crippen molar-refractivity contribution in [2.75, 3.05) is 0 Å². The molecule has 0 saturated heterocycles. The minimum absolute atomic E-state index is 0.0134. The third kappa shape index (κ3) is 1.68. The lowest BCUT2D eigenvalue weighted by atomic mass is 10.2. The van der Waals surface area contributed by atoms with Crippen molar-refractivity contribution in [1.82, 2.24) is 0 Å². The zero-order chi connectivity index (χ0) is 8.43. The summed E-state index contributed by atoms with van der Waals surface area (Å²) >= 11 is 3.70. The summed E-state index contributed by atoms with van der Waals surface area (Å²) in [7, 11) is 0. The van der Waals surface area contributed by atoms with Crippen LogP contribution in [0.15, 0.2) is 12.1 Å². The minimum atomic E-state index is -1.17. The lowest BCUT2D eigenvalue weighted by Crippen LogP contribution is -1.93. The molecule has 0 radical (unpaired) electrons. The molecule has 1 aromatic carbocycles. The van der Waals surface area contributed by atoms with Gasteiger partial charge in [0.1, 0.15) is 5.82 Å². The Hall–Kier alpha value is -0.640. The molecule has 0 atom stereocenters. The fourth-order valence-electron chi connectivity index (χ4n) is 0.724. The van der Waals surface area contributed by atoms with Gasteiger partial charge in [0.2, 0.25) is 0 Å². The molecule has 0 spiro atoms. The van der Waals surface area contributed by atoms with Gasteiger partial charge in [0.25, 0.3) is 0 Å². The van der Waals surface area contributed by atoms with Crippen LogP contribution in [0.1, 0.15) is 5.56 Å². The SMILES string of the molecule is Fc1cc(F)c(F)c(CS)c1. The van der Waals surface area contributed by atoms with Crippen LogP contribution in [0.4, 0.5) is 13.2 Å². The Morgan fingerprint density at radius 1 is 1.18 bits per heavy atom. The summed E-state index contributed by atoms with van der Waals surface area (Å²) in [5.41, 5.74) is -0.0640. The van der Waals surface area contributed by atoms with Crippen molar-refractivity contribution < 1.29 is 13.2 Å². The van der Waals surface area contributed by atoms with E-state index in [0.29, 0.717) is 6.07 Å². The van der Waals surface area contributed by atoms with E-state index in [1.807, 2.05) is 0 Å². The van der Waals surface area contributed by atoms with Crippen LogP contribution in [0.5, 0.6) is 0 Å². The van der Waals surface area contributed by atoms with Crippen molar-refractivity contribution in [2.45, 2.75) is 5.75 Å². The second-order valence-electron chi connectivity index (χ2n) is 2.02. The Balaban J connectivity index is 3.24. The quantitative estimate of drug-likeness (QED) is 0.495. The summed E-state index contributed by atoms with van der Waals surface area (Å²) in [5, 5.41) is 0. The van der Waals surface area contributed by atoms with E-state index in [1.54, 1.807) is 0 Å². The molecule has 0 saturated carbocycles. The monoisotopic (exact) mass is 178 g/mol. The van der Waals surface area contributed by atoms with Gasteiger partial charge in [-0.3, -0.25) is 0 Å². The lowest BCUT2D eigenvalue weighted by molar-refractivity contribution is 0.488. The largest absolute Gasteiger partial charge is 0.207 e. The summed E-state index contributed by atoms with van der Waals surface area (Å²) in [6.07, 6.45) is 0. The van der Waals surface area contributed by atoms with Crippen LogP contribution in [0.25, 0.3) is 0 Å². The molecule has 0 fully saturated rings. The van der Waals surface area contributed by atoms with E-state index in [0.717, 1.165) is 6.07 Å². The topological polar surface area (TPSA) is 0 Å². The second-order valence-corrected chi connectivity index (χ2v) is 2.34. The van der Waals surface area contributed by atoms with Gasteiger partial charge < -0.3 is 0 Å². The number of thiol groups is 1. The van der Waals surface area contributed by atoms with Crippen molar-refractivity contribution in [3.63, 3.8) is 0 Å². The summed E-state index contributed by atoms with van der Waals surface area (Å²) in [5.74, 6) is -3.00. The molecule has 0 nitrogen and oxygen atoms in total. The second kappa shape index (κ2) is 3.17. The van der Waals surface area contributed by atoms with Crippen LogP contribution < -0.4 is 0 Å². The highest BCUT2D eigenvalue weighted by atomic mass is 32.1. The van der Waals surface area contributed by atoms with Crippen molar-refractivity contribution >= 4 is 12.6 Å². The maximum Gasteiger partial charge on any atom is 0.163 e. The first-order valence-electron chi connectivity index (χ1n) is 2.89. The van der Waals surface area contributed by atoms with E-state index in [2.05, 4.69) is 12.6 Å². The summed E-state index contributed by atoms with van der Waals surface area (Å²) in [6, 6.07) is 1.42. The van der Waals surface area contributed by atoms with E-state index in [1.165, 1.54) is 0 Å². The van der Waals surface area contributed by atoms with E-state index < -0.39 is 17.5 Å². The van der Waals surface area contributed by atoms with Gasteiger partial charge in [-0.2, -0.15) is 12.6 Å². The molecule has 0 aliphatic carbocycles. The average molecular weight is 178 g/mol. The fourth-order valence-corrected chi connectivity index (χ4v) is 0.954. The molecule has 0 aliphatic rings. The zero-order valence-electron chi connectivity index (χ0n) is 5.44. The highest BCUT2D eigenvalue weighted by Gasteiger charge is 2.08. The van der Waals surface area contributed by atoms with Gasteiger partial charge in [-0.15, -0.1) is 0 Å². The first kappa shape index (κ1) is 8.46. The van der Waals surface area contributed by atoms with Gasteiger partial charge in [-0.05, 0) is 6.07 Å². The van der Waals surface area contributed by atoms with E-state index in [9.17, 15) is 13.2 Å². The molecule has 4 heteroatoms. The normalized spacial score (nSPS) is 10.2.